The molecule has 17 heavy (non-hydrogen) atoms. The Labute approximate surface area is 118 Å². The van der Waals surface area contributed by atoms with Gasteiger partial charge in [0.2, 0.25) is 12.4 Å². The first-order valence-electron chi connectivity index (χ1n) is 5.17. The summed E-state index contributed by atoms with van der Waals surface area (Å²) in [5.74, 6) is 0. The van der Waals surface area contributed by atoms with Gasteiger partial charge in [0.25, 0.3) is 0 Å². The largest absolute Gasteiger partial charge is 1.00 e. The Balaban J connectivity index is 0.00000144. The third-order valence-corrected chi connectivity index (χ3v) is 2.07. The summed E-state index contributed by atoms with van der Waals surface area (Å²) < 4.78 is 1.76. The highest BCUT2D eigenvalue weighted by Crippen LogP contribution is 1.99. The molecule has 0 radical (unpaired) electrons. The van der Waals surface area contributed by atoms with Gasteiger partial charge in [0.15, 0.2) is 0 Å². The third-order valence-electron chi connectivity index (χ3n) is 2.07. The second kappa shape index (κ2) is 7.73. The van der Waals surface area contributed by atoms with Gasteiger partial charge in [-0.05, 0) is 16.7 Å². The maximum atomic E-state index is 4.23. The minimum Gasteiger partial charge on any atom is -1.00 e. The van der Waals surface area contributed by atoms with Gasteiger partial charge >= 0.3 is 0 Å². The lowest BCUT2D eigenvalue weighted by Gasteiger charge is -1.87. The predicted octanol–water partition coefficient (Wildman–Crippen LogP) is -0.475. The number of halogens is 1. The van der Waals surface area contributed by atoms with Gasteiger partial charge in [-0.3, -0.25) is 0 Å². The van der Waals surface area contributed by atoms with Crippen LogP contribution in [-0.4, -0.2) is 6.21 Å². The van der Waals surface area contributed by atoms with Gasteiger partial charge in [0.1, 0.15) is 0 Å². The van der Waals surface area contributed by atoms with Crippen LogP contribution in [0.15, 0.2) is 72.1 Å². The van der Waals surface area contributed by atoms with Crippen molar-refractivity contribution in [3.05, 3.63) is 72.6 Å². The highest BCUT2D eigenvalue weighted by atomic mass is 127. The van der Waals surface area contributed by atoms with Gasteiger partial charge in [0, 0.05) is 12.1 Å². The molecule has 0 atom stereocenters. The zero-order valence-electron chi connectivity index (χ0n) is 9.28. The lowest BCUT2D eigenvalue weighted by atomic mass is 10.2. The van der Waals surface area contributed by atoms with Gasteiger partial charge in [-0.1, -0.05) is 47.2 Å². The molecule has 0 aliphatic carbocycles. The van der Waals surface area contributed by atoms with Crippen molar-refractivity contribution in [3.63, 3.8) is 0 Å². The molecule has 1 heterocycles. The van der Waals surface area contributed by atoms with E-state index in [0.717, 1.165) is 0 Å². The average Bonchev–Trinajstić information content (AvgIpc) is 2.37. The van der Waals surface area contributed by atoms with Crippen LogP contribution in [0.5, 0.6) is 0 Å². The maximum absolute atomic E-state index is 4.23. The molecule has 1 aromatic carbocycles. The summed E-state index contributed by atoms with van der Waals surface area (Å²) in [5, 5.41) is 4.23. The molecule has 0 saturated heterocycles. The van der Waals surface area contributed by atoms with E-state index in [-0.39, 0.29) is 24.0 Å². The second-order valence-corrected chi connectivity index (χ2v) is 3.29. The number of pyridine rings is 1. The van der Waals surface area contributed by atoms with Crippen molar-refractivity contribution < 1.29 is 28.7 Å². The molecule has 0 unspecified atom stereocenters. The van der Waals surface area contributed by atoms with Crippen molar-refractivity contribution in [2.45, 2.75) is 0 Å². The van der Waals surface area contributed by atoms with Gasteiger partial charge in [0.05, 0.1) is 6.21 Å². The Kier molecular flexibility index (Phi) is 6.17. The van der Waals surface area contributed by atoms with Gasteiger partial charge in [-0.15, -0.1) is 0 Å². The van der Waals surface area contributed by atoms with Gasteiger partial charge < -0.3 is 24.0 Å². The van der Waals surface area contributed by atoms with Crippen LogP contribution < -0.4 is 28.7 Å². The average molecular weight is 336 g/mol. The summed E-state index contributed by atoms with van der Waals surface area (Å²) in [6, 6.07) is 16.0. The molecule has 0 bridgehead atoms. The van der Waals surface area contributed by atoms with E-state index >= 15 is 0 Å². The highest BCUT2D eigenvalue weighted by molar-refractivity contribution is 5.77. The second-order valence-electron chi connectivity index (χ2n) is 3.29. The van der Waals surface area contributed by atoms with Crippen LogP contribution in [0.2, 0.25) is 0 Å². The van der Waals surface area contributed by atoms with Crippen LogP contribution in [0, 0.1) is 0 Å². The Morgan fingerprint density at radius 1 is 0.882 bits per heavy atom. The number of hydrogen-bond donors (Lipinski definition) is 0. The molecule has 2 nitrogen and oxygen atoms in total. The summed E-state index contributed by atoms with van der Waals surface area (Å²) >= 11 is 0. The van der Waals surface area contributed by atoms with Gasteiger partial charge in [-0.2, -0.15) is 0 Å². The van der Waals surface area contributed by atoms with E-state index in [4.69, 9.17) is 0 Å². The van der Waals surface area contributed by atoms with E-state index in [1.54, 1.807) is 10.9 Å². The maximum Gasteiger partial charge on any atom is 0.202 e. The molecule has 0 saturated carbocycles. The van der Waals surface area contributed by atoms with Crippen molar-refractivity contribution in [1.29, 1.82) is 0 Å². The number of hydrogen-bond acceptors (Lipinski definition) is 1. The molecule has 0 spiro atoms. The van der Waals surface area contributed by atoms with Crippen molar-refractivity contribution >= 4 is 12.3 Å². The van der Waals surface area contributed by atoms with Crippen LogP contribution in [0.25, 0.3) is 6.08 Å². The molecular weight excluding hydrogens is 323 g/mol. The minimum absolute atomic E-state index is 0. The number of allylic oxidation sites excluding steroid dienone is 1. The first kappa shape index (κ1) is 13.6. The number of aromatic nitrogens is 1. The summed E-state index contributed by atoms with van der Waals surface area (Å²) in [6.45, 7) is 0. The topological polar surface area (TPSA) is 16.2 Å². The first-order valence-corrected chi connectivity index (χ1v) is 5.17. The number of nitrogens with zero attached hydrogens (tertiary/aromatic N) is 2. The smallest absolute Gasteiger partial charge is 0.202 e. The fourth-order valence-electron chi connectivity index (χ4n) is 1.30. The van der Waals surface area contributed by atoms with Crippen LogP contribution in [0.3, 0.4) is 0 Å². The number of benzene rings is 1. The van der Waals surface area contributed by atoms with Gasteiger partial charge in [-0.25, -0.2) is 0 Å². The van der Waals surface area contributed by atoms with Crippen LogP contribution >= 0.6 is 0 Å². The molecule has 0 fully saturated rings. The molecule has 0 N–H and O–H groups in total. The molecular formula is C14H13IN2. The monoisotopic (exact) mass is 336 g/mol. The fourth-order valence-corrected chi connectivity index (χ4v) is 1.30. The Morgan fingerprint density at radius 2 is 1.53 bits per heavy atom. The minimum atomic E-state index is 0. The summed E-state index contributed by atoms with van der Waals surface area (Å²) in [6.07, 6.45) is 9.51. The van der Waals surface area contributed by atoms with E-state index in [0.29, 0.717) is 0 Å². The molecule has 86 valence electrons. The van der Waals surface area contributed by atoms with E-state index in [1.807, 2.05) is 60.9 Å². The van der Waals surface area contributed by atoms with Crippen LogP contribution in [-0.2, 0) is 0 Å². The molecule has 0 amide bonds. The molecule has 2 rings (SSSR count). The summed E-state index contributed by atoms with van der Waals surface area (Å²) in [7, 11) is 0. The fraction of sp³-hybridized carbons (Fsp3) is 0. The third kappa shape index (κ3) is 4.91. The molecule has 0 aliphatic heterocycles. The normalized spacial score (nSPS) is 10.6. The standard InChI is InChI=1S/C14H13N2.HI/c1-3-8-14(9-4-1)10-7-11-15-16-12-5-2-6-13-16;/h1-13H;1H/q+1;/p-1/b10-7+,15-11?;. The van der Waals surface area contributed by atoms with E-state index in [9.17, 15) is 0 Å². The highest BCUT2D eigenvalue weighted by Gasteiger charge is 1.88. The van der Waals surface area contributed by atoms with Crippen LogP contribution in [0.4, 0.5) is 0 Å². The Hall–Kier alpha value is -1.49. The van der Waals surface area contributed by atoms with Crippen molar-refractivity contribution in [2.24, 2.45) is 5.10 Å². The lowest BCUT2D eigenvalue weighted by Crippen LogP contribution is -3.00. The number of rotatable bonds is 3. The van der Waals surface area contributed by atoms with E-state index < -0.39 is 0 Å². The lowest BCUT2D eigenvalue weighted by molar-refractivity contribution is -0.678. The molecule has 0 aliphatic rings. The van der Waals surface area contributed by atoms with Crippen molar-refractivity contribution in [3.8, 4) is 0 Å². The molecule has 2 aromatic rings. The first-order chi connectivity index (χ1) is 7.95. The Bertz CT molecular complexity index is 431. The van der Waals surface area contributed by atoms with Crippen molar-refractivity contribution in [2.75, 3.05) is 0 Å². The summed E-state index contributed by atoms with van der Waals surface area (Å²) in [4.78, 5) is 0. The zero-order valence-corrected chi connectivity index (χ0v) is 11.4. The van der Waals surface area contributed by atoms with E-state index in [2.05, 4.69) is 17.2 Å². The quantitative estimate of drug-likeness (QED) is 0.409. The Morgan fingerprint density at radius 3 is 2.24 bits per heavy atom. The van der Waals surface area contributed by atoms with Crippen molar-refractivity contribution in [1.82, 2.24) is 0 Å². The SMILES string of the molecule is C(/C=C/c1ccccc1)=N[n+]1ccccc1.[I-]. The zero-order chi connectivity index (χ0) is 11.1. The molecule has 1 aromatic heterocycles. The van der Waals surface area contributed by atoms with E-state index in [1.165, 1.54) is 5.56 Å². The molecule has 3 heteroatoms. The predicted molar refractivity (Wildman–Crippen MR) is 66.0 cm³/mol. The summed E-state index contributed by atoms with van der Waals surface area (Å²) in [5.41, 5.74) is 1.17. The van der Waals surface area contributed by atoms with Crippen LogP contribution in [0.1, 0.15) is 5.56 Å².